The zero-order valence-electron chi connectivity index (χ0n) is 8.40. The van der Waals surface area contributed by atoms with E-state index in [4.69, 9.17) is 5.11 Å². The van der Waals surface area contributed by atoms with Gasteiger partial charge in [0.2, 0.25) is 0 Å². The van der Waals surface area contributed by atoms with Gasteiger partial charge in [0.25, 0.3) is 0 Å². The molecule has 1 rings (SSSR count). The second-order valence-corrected chi connectivity index (χ2v) is 4.27. The Labute approximate surface area is 87.7 Å². The van der Waals surface area contributed by atoms with Gasteiger partial charge in [0.1, 0.15) is 0 Å². The van der Waals surface area contributed by atoms with E-state index < -0.39 is 6.10 Å². The van der Waals surface area contributed by atoms with Crippen LogP contribution in [0.5, 0.6) is 0 Å². The Morgan fingerprint density at radius 2 is 2.43 bits per heavy atom. The van der Waals surface area contributed by atoms with Crippen molar-refractivity contribution < 1.29 is 10.2 Å². The van der Waals surface area contributed by atoms with E-state index in [1.54, 1.807) is 11.3 Å². The van der Waals surface area contributed by atoms with E-state index in [1.165, 1.54) is 0 Å². The summed E-state index contributed by atoms with van der Waals surface area (Å²) in [6.45, 7) is 3.79. The van der Waals surface area contributed by atoms with E-state index >= 15 is 0 Å². The van der Waals surface area contributed by atoms with Crippen LogP contribution in [0.3, 0.4) is 0 Å². The molecule has 1 aromatic rings. The number of aryl methyl sites for hydroxylation is 1. The molecule has 1 heterocycles. The molecule has 0 aliphatic rings. The summed E-state index contributed by atoms with van der Waals surface area (Å²) in [4.78, 5) is 4.26. The molecule has 1 atom stereocenters. The van der Waals surface area contributed by atoms with Crippen LogP contribution in [0.1, 0.15) is 24.0 Å². The highest BCUT2D eigenvalue weighted by Gasteiger charge is 2.05. The fourth-order valence-corrected chi connectivity index (χ4v) is 1.70. The van der Waals surface area contributed by atoms with Gasteiger partial charge in [0, 0.05) is 18.4 Å². The van der Waals surface area contributed by atoms with Crippen molar-refractivity contribution in [2.24, 2.45) is 0 Å². The molecule has 0 saturated carbocycles. The summed E-state index contributed by atoms with van der Waals surface area (Å²) >= 11 is 1.58. The second kappa shape index (κ2) is 5.24. The van der Waals surface area contributed by atoms with Gasteiger partial charge in [-0.2, -0.15) is 0 Å². The van der Waals surface area contributed by atoms with Gasteiger partial charge in [-0.25, -0.2) is 4.98 Å². The average Bonchev–Trinajstić information content (AvgIpc) is 2.51. The lowest BCUT2D eigenvalue weighted by Crippen LogP contribution is -2.09. The van der Waals surface area contributed by atoms with Crippen molar-refractivity contribution in [2.75, 3.05) is 6.61 Å². The lowest BCUT2D eigenvalue weighted by Gasteiger charge is -2.08. The minimum Gasteiger partial charge on any atom is -0.396 e. The molecule has 0 spiro atoms. The SMILES string of the molecule is C/C(=C\c1csc(C)n1)C(O)CCO. The largest absolute Gasteiger partial charge is 0.396 e. The Bertz CT molecular complexity index is 320. The van der Waals surface area contributed by atoms with Gasteiger partial charge in [-0.3, -0.25) is 0 Å². The number of aliphatic hydroxyl groups is 2. The van der Waals surface area contributed by atoms with Gasteiger partial charge >= 0.3 is 0 Å². The van der Waals surface area contributed by atoms with Crippen molar-refractivity contribution in [3.05, 3.63) is 21.7 Å². The third kappa shape index (κ3) is 3.21. The van der Waals surface area contributed by atoms with Crippen molar-refractivity contribution in [1.82, 2.24) is 4.98 Å². The summed E-state index contributed by atoms with van der Waals surface area (Å²) in [5.41, 5.74) is 1.71. The number of hydrogen-bond acceptors (Lipinski definition) is 4. The third-order valence-corrected chi connectivity index (χ3v) is 2.73. The molecule has 14 heavy (non-hydrogen) atoms. The smallest absolute Gasteiger partial charge is 0.0901 e. The number of thiazole rings is 1. The highest BCUT2D eigenvalue weighted by molar-refractivity contribution is 7.09. The lowest BCUT2D eigenvalue weighted by molar-refractivity contribution is 0.162. The van der Waals surface area contributed by atoms with Gasteiger partial charge in [-0.15, -0.1) is 11.3 Å². The Kier molecular flexibility index (Phi) is 4.25. The molecule has 0 amide bonds. The Balaban J connectivity index is 2.67. The van der Waals surface area contributed by atoms with Gasteiger partial charge in [-0.05, 0) is 25.5 Å². The maximum Gasteiger partial charge on any atom is 0.0901 e. The normalized spacial score (nSPS) is 14.4. The zero-order valence-corrected chi connectivity index (χ0v) is 9.21. The lowest BCUT2D eigenvalue weighted by atomic mass is 10.1. The molecule has 2 N–H and O–H groups in total. The standard InChI is InChI=1S/C10H15NO2S/c1-7(10(13)3-4-12)5-9-6-14-8(2)11-9/h5-6,10,12-13H,3-4H2,1-2H3/b7-5+. The third-order valence-electron chi connectivity index (χ3n) is 1.94. The summed E-state index contributed by atoms with van der Waals surface area (Å²) in [5.74, 6) is 0. The Morgan fingerprint density at radius 1 is 1.71 bits per heavy atom. The summed E-state index contributed by atoms with van der Waals surface area (Å²) in [5, 5.41) is 21.2. The van der Waals surface area contributed by atoms with Gasteiger partial charge < -0.3 is 10.2 Å². The first-order valence-corrected chi connectivity index (χ1v) is 5.40. The van der Waals surface area contributed by atoms with Crippen LogP contribution in [0.15, 0.2) is 11.0 Å². The molecule has 0 aliphatic heterocycles. The molecule has 1 unspecified atom stereocenters. The van der Waals surface area contributed by atoms with Crippen LogP contribution in [0.25, 0.3) is 6.08 Å². The van der Waals surface area contributed by atoms with Crippen LogP contribution in [0, 0.1) is 6.92 Å². The van der Waals surface area contributed by atoms with Gasteiger partial charge in [0.05, 0.1) is 16.8 Å². The number of nitrogens with zero attached hydrogens (tertiary/aromatic N) is 1. The number of aromatic nitrogens is 1. The van der Waals surface area contributed by atoms with E-state index in [2.05, 4.69) is 4.98 Å². The van der Waals surface area contributed by atoms with Crippen LogP contribution in [0.4, 0.5) is 0 Å². The molecule has 1 aromatic heterocycles. The average molecular weight is 213 g/mol. The first-order chi connectivity index (χ1) is 6.63. The van der Waals surface area contributed by atoms with Crippen molar-refractivity contribution in [1.29, 1.82) is 0 Å². The topological polar surface area (TPSA) is 53.4 Å². The molecule has 0 aliphatic carbocycles. The molecule has 0 aromatic carbocycles. The van der Waals surface area contributed by atoms with Crippen LogP contribution in [-0.2, 0) is 0 Å². The van der Waals surface area contributed by atoms with E-state index in [1.807, 2.05) is 25.3 Å². The van der Waals surface area contributed by atoms with E-state index in [0.29, 0.717) is 6.42 Å². The number of aliphatic hydroxyl groups excluding tert-OH is 2. The quantitative estimate of drug-likeness (QED) is 0.798. The zero-order chi connectivity index (χ0) is 10.6. The predicted molar refractivity (Wildman–Crippen MR) is 58.2 cm³/mol. The van der Waals surface area contributed by atoms with Crippen LogP contribution < -0.4 is 0 Å². The molecule has 3 nitrogen and oxygen atoms in total. The van der Waals surface area contributed by atoms with Crippen molar-refractivity contribution in [2.45, 2.75) is 26.4 Å². The van der Waals surface area contributed by atoms with Crippen molar-refractivity contribution in [3.8, 4) is 0 Å². The highest BCUT2D eigenvalue weighted by atomic mass is 32.1. The molecular weight excluding hydrogens is 198 g/mol. The molecule has 0 bridgehead atoms. The maximum atomic E-state index is 9.53. The second-order valence-electron chi connectivity index (χ2n) is 3.21. The van der Waals surface area contributed by atoms with Crippen molar-refractivity contribution >= 4 is 17.4 Å². The fourth-order valence-electron chi connectivity index (χ4n) is 1.13. The molecule has 0 radical (unpaired) electrons. The van der Waals surface area contributed by atoms with Gasteiger partial charge in [-0.1, -0.05) is 0 Å². The first-order valence-electron chi connectivity index (χ1n) is 4.52. The van der Waals surface area contributed by atoms with Gasteiger partial charge in [0.15, 0.2) is 0 Å². The number of rotatable bonds is 4. The molecule has 4 heteroatoms. The van der Waals surface area contributed by atoms with E-state index in [0.717, 1.165) is 16.3 Å². The summed E-state index contributed by atoms with van der Waals surface area (Å²) in [7, 11) is 0. The maximum absolute atomic E-state index is 9.53. The minimum absolute atomic E-state index is 0.00242. The highest BCUT2D eigenvalue weighted by Crippen LogP contribution is 2.14. The number of hydrogen-bond donors (Lipinski definition) is 2. The molecular formula is C10H15NO2S. The van der Waals surface area contributed by atoms with E-state index in [-0.39, 0.29) is 6.61 Å². The van der Waals surface area contributed by atoms with E-state index in [9.17, 15) is 5.11 Å². The predicted octanol–water partition coefficient (Wildman–Crippen LogP) is 1.60. The van der Waals surface area contributed by atoms with Crippen LogP contribution in [0.2, 0.25) is 0 Å². The molecule has 0 fully saturated rings. The fraction of sp³-hybridized carbons (Fsp3) is 0.500. The van der Waals surface area contributed by atoms with Crippen LogP contribution in [-0.4, -0.2) is 27.9 Å². The monoisotopic (exact) mass is 213 g/mol. The molecule has 0 saturated heterocycles. The van der Waals surface area contributed by atoms with Crippen LogP contribution >= 0.6 is 11.3 Å². The van der Waals surface area contributed by atoms with Crippen molar-refractivity contribution in [3.63, 3.8) is 0 Å². The Hall–Kier alpha value is -0.710. The minimum atomic E-state index is -0.568. The first kappa shape index (κ1) is 11.4. The summed E-state index contributed by atoms with van der Waals surface area (Å²) in [6, 6.07) is 0. The summed E-state index contributed by atoms with van der Waals surface area (Å²) < 4.78 is 0. The molecule has 78 valence electrons. The Morgan fingerprint density at radius 3 is 2.93 bits per heavy atom. The summed E-state index contributed by atoms with van der Waals surface area (Å²) in [6.07, 6.45) is 1.66.